The van der Waals surface area contributed by atoms with Gasteiger partial charge in [-0.15, -0.1) is 0 Å². The molecule has 0 radical (unpaired) electrons. The quantitative estimate of drug-likeness (QED) is 0.516. The summed E-state index contributed by atoms with van der Waals surface area (Å²) in [6.07, 6.45) is 7.50. The lowest BCUT2D eigenvalue weighted by molar-refractivity contribution is -0.378. The SMILES string of the molecule is [Br-].[H-].c1cc[nH+]cc1.c1cc[nH+]cc1. The van der Waals surface area contributed by atoms with E-state index in [1.807, 2.05) is 61.2 Å². The number of halogens is 1. The molecule has 0 amide bonds. The zero-order valence-corrected chi connectivity index (χ0v) is 8.74. The van der Waals surface area contributed by atoms with Gasteiger partial charge in [0.05, 0.1) is 0 Å². The van der Waals surface area contributed by atoms with Crippen molar-refractivity contribution in [3.8, 4) is 0 Å². The molecule has 2 heterocycles. The molecule has 0 unspecified atom stereocenters. The van der Waals surface area contributed by atoms with Crippen LogP contribution in [0.2, 0.25) is 0 Å². The summed E-state index contributed by atoms with van der Waals surface area (Å²) in [6.45, 7) is 0. The number of H-pyrrole nitrogens is 2. The zero-order valence-electron chi connectivity index (χ0n) is 8.15. The Morgan fingerprint density at radius 1 is 0.538 bits per heavy atom. The maximum Gasteiger partial charge on any atom is 0.166 e. The van der Waals surface area contributed by atoms with Crippen LogP contribution >= 0.6 is 0 Å². The molecule has 2 aromatic rings. The Kier molecular flexibility index (Phi) is 8.04. The molecule has 3 heteroatoms. The van der Waals surface area contributed by atoms with Crippen molar-refractivity contribution >= 4 is 0 Å². The predicted octanol–water partition coefficient (Wildman–Crippen LogP) is -1.88. The first kappa shape index (κ1) is 11.8. The molecule has 2 nitrogen and oxygen atoms in total. The van der Waals surface area contributed by atoms with Crippen LogP contribution in [-0.2, 0) is 0 Å². The highest BCUT2D eigenvalue weighted by Gasteiger charge is 1.66. The number of aromatic amines is 2. The lowest BCUT2D eigenvalue weighted by Crippen LogP contribution is -3.00. The second-order valence-electron chi connectivity index (χ2n) is 2.15. The van der Waals surface area contributed by atoms with Crippen LogP contribution in [0.3, 0.4) is 0 Å². The fraction of sp³-hybridized carbons (Fsp3) is 0. The Bertz CT molecular complexity index is 194. The molecular formula is C10H13BrN2. The number of rotatable bonds is 0. The molecule has 0 aliphatic heterocycles. The Hall–Kier alpha value is -1.22. The van der Waals surface area contributed by atoms with Crippen LogP contribution in [0.1, 0.15) is 1.43 Å². The molecule has 0 aliphatic carbocycles. The Labute approximate surface area is 89.9 Å². The van der Waals surface area contributed by atoms with Crippen LogP contribution < -0.4 is 26.9 Å². The van der Waals surface area contributed by atoms with Gasteiger partial charge in [-0.25, -0.2) is 9.97 Å². The minimum absolute atomic E-state index is 0. The van der Waals surface area contributed by atoms with Gasteiger partial charge in [-0.05, 0) is 0 Å². The van der Waals surface area contributed by atoms with Gasteiger partial charge in [-0.1, -0.05) is 12.1 Å². The highest BCUT2D eigenvalue weighted by molar-refractivity contribution is 4.83. The van der Waals surface area contributed by atoms with E-state index in [1.165, 1.54) is 0 Å². The summed E-state index contributed by atoms with van der Waals surface area (Å²) < 4.78 is 0. The fourth-order valence-electron chi connectivity index (χ4n) is 0.684. The molecule has 13 heavy (non-hydrogen) atoms. The summed E-state index contributed by atoms with van der Waals surface area (Å²) in [7, 11) is 0. The van der Waals surface area contributed by atoms with Crippen LogP contribution in [0, 0.1) is 0 Å². The molecule has 0 aromatic carbocycles. The lowest BCUT2D eigenvalue weighted by atomic mass is 10.5. The summed E-state index contributed by atoms with van der Waals surface area (Å²) in [5.74, 6) is 0. The average Bonchev–Trinajstić information content (AvgIpc) is 2.24. The van der Waals surface area contributed by atoms with Gasteiger partial charge in [0, 0.05) is 24.3 Å². The van der Waals surface area contributed by atoms with E-state index in [2.05, 4.69) is 9.97 Å². The van der Waals surface area contributed by atoms with Crippen LogP contribution in [-0.4, -0.2) is 0 Å². The summed E-state index contributed by atoms with van der Waals surface area (Å²) in [6, 6.07) is 11.7. The number of aromatic nitrogens is 2. The Balaban J connectivity index is 0. The number of hydrogen-bond acceptors (Lipinski definition) is 0. The van der Waals surface area contributed by atoms with Gasteiger partial charge in [0.2, 0.25) is 0 Å². The number of nitrogens with one attached hydrogen (secondary N) is 2. The van der Waals surface area contributed by atoms with Crippen molar-refractivity contribution in [2.45, 2.75) is 0 Å². The van der Waals surface area contributed by atoms with Gasteiger partial charge in [0.15, 0.2) is 24.8 Å². The van der Waals surface area contributed by atoms with Crippen molar-refractivity contribution < 1.29 is 28.4 Å². The first-order chi connectivity index (χ1) is 6.00. The third kappa shape index (κ3) is 7.15. The second-order valence-corrected chi connectivity index (χ2v) is 2.15. The maximum absolute atomic E-state index is 2.89. The monoisotopic (exact) mass is 240 g/mol. The van der Waals surface area contributed by atoms with E-state index in [0.717, 1.165) is 0 Å². The zero-order chi connectivity index (χ0) is 8.49. The van der Waals surface area contributed by atoms with Crippen molar-refractivity contribution in [1.29, 1.82) is 0 Å². The molecule has 0 saturated carbocycles. The van der Waals surface area contributed by atoms with Crippen LogP contribution in [0.15, 0.2) is 61.2 Å². The lowest BCUT2D eigenvalue weighted by Gasteiger charge is -1.63. The Morgan fingerprint density at radius 3 is 0.923 bits per heavy atom. The van der Waals surface area contributed by atoms with Crippen molar-refractivity contribution in [1.82, 2.24) is 0 Å². The fourth-order valence-corrected chi connectivity index (χ4v) is 0.684. The summed E-state index contributed by atoms with van der Waals surface area (Å²) in [5, 5.41) is 0. The molecule has 2 N–H and O–H groups in total. The number of pyridine rings is 2. The molecule has 0 fully saturated rings. The van der Waals surface area contributed by atoms with E-state index in [4.69, 9.17) is 0 Å². The molecule has 0 bridgehead atoms. The van der Waals surface area contributed by atoms with Crippen LogP contribution in [0.5, 0.6) is 0 Å². The van der Waals surface area contributed by atoms with E-state index in [0.29, 0.717) is 0 Å². The van der Waals surface area contributed by atoms with E-state index in [9.17, 15) is 0 Å². The van der Waals surface area contributed by atoms with Crippen molar-refractivity contribution in [2.24, 2.45) is 0 Å². The first-order valence-electron chi connectivity index (χ1n) is 3.82. The third-order valence-corrected chi connectivity index (χ3v) is 1.21. The first-order valence-corrected chi connectivity index (χ1v) is 3.82. The second kappa shape index (κ2) is 8.87. The molecule has 2 aromatic heterocycles. The smallest absolute Gasteiger partial charge is 0.166 e. The van der Waals surface area contributed by atoms with Gasteiger partial charge in [0.1, 0.15) is 0 Å². The normalized spacial score (nSPS) is 7.38. The van der Waals surface area contributed by atoms with E-state index in [1.54, 1.807) is 0 Å². The van der Waals surface area contributed by atoms with Crippen LogP contribution in [0.4, 0.5) is 0 Å². The van der Waals surface area contributed by atoms with Gasteiger partial charge >= 0.3 is 0 Å². The standard InChI is InChI=1S/2C5H5N.BrH.H/c2*1-2-4-6-5-3-1;;/h2*1-5H;1H;/q;;;-1/p+1. The van der Waals surface area contributed by atoms with Crippen molar-refractivity contribution in [3.63, 3.8) is 0 Å². The molecular weight excluding hydrogens is 228 g/mol. The van der Waals surface area contributed by atoms with Crippen molar-refractivity contribution in [2.75, 3.05) is 0 Å². The molecule has 0 aliphatic rings. The largest absolute Gasteiger partial charge is 1.00 e. The molecule has 0 atom stereocenters. The maximum atomic E-state index is 2.89. The number of hydrogen-bond donors (Lipinski definition) is 0. The van der Waals surface area contributed by atoms with E-state index in [-0.39, 0.29) is 18.4 Å². The van der Waals surface area contributed by atoms with Gasteiger partial charge in [-0.2, -0.15) is 0 Å². The molecule has 70 valence electrons. The highest BCUT2D eigenvalue weighted by Crippen LogP contribution is 1.68. The summed E-state index contributed by atoms with van der Waals surface area (Å²) >= 11 is 0. The van der Waals surface area contributed by atoms with E-state index < -0.39 is 0 Å². The van der Waals surface area contributed by atoms with Gasteiger partial charge in [0.25, 0.3) is 0 Å². The van der Waals surface area contributed by atoms with Crippen LogP contribution in [0.25, 0.3) is 0 Å². The van der Waals surface area contributed by atoms with Crippen molar-refractivity contribution in [3.05, 3.63) is 61.2 Å². The summed E-state index contributed by atoms with van der Waals surface area (Å²) in [4.78, 5) is 5.78. The van der Waals surface area contributed by atoms with E-state index >= 15 is 0 Å². The Morgan fingerprint density at radius 2 is 0.846 bits per heavy atom. The average molecular weight is 241 g/mol. The molecule has 0 saturated heterocycles. The van der Waals surface area contributed by atoms with Gasteiger partial charge < -0.3 is 18.4 Å². The molecule has 2 rings (SSSR count). The minimum atomic E-state index is 0. The summed E-state index contributed by atoms with van der Waals surface area (Å²) in [5.41, 5.74) is 0. The highest BCUT2D eigenvalue weighted by atomic mass is 79.9. The van der Waals surface area contributed by atoms with Gasteiger partial charge in [-0.3, -0.25) is 0 Å². The third-order valence-electron chi connectivity index (χ3n) is 1.21. The predicted molar refractivity (Wildman–Crippen MR) is 47.1 cm³/mol. The molecule has 0 spiro atoms. The topological polar surface area (TPSA) is 28.3 Å². The minimum Gasteiger partial charge on any atom is -1.00 e.